The standard InChI is InChI=1S/C7H10N4O2S/c1-8-7(14)10-4-3-9-11(2)5(4)6(12)13/h3H,1-2H3,(H,12,13)(H2,8,10,14). The predicted molar refractivity (Wildman–Crippen MR) is 55.4 cm³/mol. The summed E-state index contributed by atoms with van der Waals surface area (Å²) in [4.78, 5) is 10.8. The Kier molecular flexibility index (Phi) is 3.03. The molecule has 0 spiro atoms. The summed E-state index contributed by atoms with van der Waals surface area (Å²) in [6.45, 7) is 0. The fourth-order valence-electron chi connectivity index (χ4n) is 0.967. The van der Waals surface area contributed by atoms with E-state index in [0.29, 0.717) is 10.8 Å². The van der Waals surface area contributed by atoms with Gasteiger partial charge in [0, 0.05) is 14.1 Å². The van der Waals surface area contributed by atoms with Crippen molar-refractivity contribution in [2.75, 3.05) is 12.4 Å². The molecule has 0 bridgehead atoms. The zero-order valence-electron chi connectivity index (χ0n) is 7.74. The van der Waals surface area contributed by atoms with Crippen molar-refractivity contribution in [3.8, 4) is 0 Å². The summed E-state index contributed by atoms with van der Waals surface area (Å²) in [5.41, 5.74) is 0.446. The van der Waals surface area contributed by atoms with E-state index >= 15 is 0 Å². The van der Waals surface area contributed by atoms with Gasteiger partial charge in [-0.2, -0.15) is 5.10 Å². The average Bonchev–Trinajstić information content (AvgIpc) is 2.46. The Morgan fingerprint density at radius 3 is 2.86 bits per heavy atom. The van der Waals surface area contributed by atoms with E-state index in [2.05, 4.69) is 15.7 Å². The van der Waals surface area contributed by atoms with Crippen molar-refractivity contribution < 1.29 is 9.90 Å². The lowest BCUT2D eigenvalue weighted by Gasteiger charge is -2.05. The van der Waals surface area contributed by atoms with Crippen molar-refractivity contribution in [3.63, 3.8) is 0 Å². The van der Waals surface area contributed by atoms with Gasteiger partial charge in [0.25, 0.3) is 0 Å². The van der Waals surface area contributed by atoms with Gasteiger partial charge in [0.15, 0.2) is 10.8 Å². The highest BCUT2D eigenvalue weighted by atomic mass is 32.1. The van der Waals surface area contributed by atoms with Crippen molar-refractivity contribution >= 4 is 29.0 Å². The molecule has 1 aromatic rings. The first-order chi connectivity index (χ1) is 6.56. The van der Waals surface area contributed by atoms with Crippen LogP contribution >= 0.6 is 12.2 Å². The molecule has 0 atom stereocenters. The fourth-order valence-corrected chi connectivity index (χ4v) is 1.08. The van der Waals surface area contributed by atoms with Crippen LogP contribution in [0.15, 0.2) is 6.20 Å². The van der Waals surface area contributed by atoms with Gasteiger partial charge in [-0.3, -0.25) is 4.68 Å². The van der Waals surface area contributed by atoms with Crippen LogP contribution in [0.25, 0.3) is 0 Å². The van der Waals surface area contributed by atoms with Crippen LogP contribution in [-0.2, 0) is 7.05 Å². The molecule has 3 N–H and O–H groups in total. The van der Waals surface area contributed by atoms with Crippen LogP contribution in [0.5, 0.6) is 0 Å². The molecule has 7 heteroatoms. The minimum absolute atomic E-state index is 0.0719. The molecular formula is C7H10N4O2S. The van der Waals surface area contributed by atoms with Crippen LogP contribution in [0, 0.1) is 0 Å². The molecule has 0 saturated carbocycles. The van der Waals surface area contributed by atoms with Gasteiger partial charge < -0.3 is 15.7 Å². The van der Waals surface area contributed by atoms with Crippen molar-refractivity contribution in [3.05, 3.63) is 11.9 Å². The summed E-state index contributed by atoms with van der Waals surface area (Å²) in [5.74, 6) is -1.05. The third-order valence-electron chi connectivity index (χ3n) is 1.62. The quantitative estimate of drug-likeness (QED) is 0.603. The van der Waals surface area contributed by atoms with Crippen LogP contribution in [-0.4, -0.2) is 33.0 Å². The lowest BCUT2D eigenvalue weighted by atomic mass is 10.3. The molecule has 1 aromatic heterocycles. The second-order valence-electron chi connectivity index (χ2n) is 2.54. The topological polar surface area (TPSA) is 79.2 Å². The van der Waals surface area contributed by atoms with E-state index in [1.807, 2.05) is 0 Å². The minimum Gasteiger partial charge on any atom is -0.476 e. The molecule has 0 unspecified atom stereocenters. The summed E-state index contributed by atoms with van der Waals surface area (Å²) in [6.07, 6.45) is 1.41. The number of rotatable bonds is 2. The monoisotopic (exact) mass is 214 g/mol. The van der Waals surface area contributed by atoms with Crippen molar-refractivity contribution in [1.82, 2.24) is 15.1 Å². The molecule has 1 heterocycles. The molecule has 0 saturated heterocycles. The maximum absolute atomic E-state index is 10.8. The van der Waals surface area contributed by atoms with Gasteiger partial charge in [0.2, 0.25) is 0 Å². The van der Waals surface area contributed by atoms with Crippen molar-refractivity contribution in [2.45, 2.75) is 0 Å². The normalized spacial score (nSPS) is 9.57. The number of nitrogens with one attached hydrogen (secondary N) is 2. The van der Waals surface area contributed by atoms with Gasteiger partial charge >= 0.3 is 5.97 Å². The Hall–Kier alpha value is -1.63. The van der Waals surface area contributed by atoms with E-state index in [-0.39, 0.29) is 5.69 Å². The molecule has 14 heavy (non-hydrogen) atoms. The smallest absolute Gasteiger partial charge is 0.356 e. The Labute approximate surface area is 85.9 Å². The molecular weight excluding hydrogens is 204 g/mol. The SMILES string of the molecule is CNC(=S)Nc1cnn(C)c1C(=O)O. The van der Waals surface area contributed by atoms with E-state index in [1.54, 1.807) is 14.1 Å². The van der Waals surface area contributed by atoms with Gasteiger partial charge in [0.05, 0.1) is 11.9 Å². The highest BCUT2D eigenvalue weighted by molar-refractivity contribution is 7.80. The van der Waals surface area contributed by atoms with Crippen LogP contribution in [0.4, 0.5) is 5.69 Å². The Bertz CT molecular complexity index is 374. The van der Waals surface area contributed by atoms with Crippen LogP contribution in [0.3, 0.4) is 0 Å². The molecule has 0 aliphatic heterocycles. The number of aromatic carboxylic acids is 1. The third kappa shape index (κ3) is 1.99. The number of aryl methyl sites for hydroxylation is 1. The second-order valence-corrected chi connectivity index (χ2v) is 2.95. The number of hydrogen-bond acceptors (Lipinski definition) is 3. The third-order valence-corrected chi connectivity index (χ3v) is 1.92. The summed E-state index contributed by atoms with van der Waals surface area (Å²) >= 11 is 4.84. The molecule has 0 radical (unpaired) electrons. The summed E-state index contributed by atoms with van der Waals surface area (Å²) in [6, 6.07) is 0. The maximum Gasteiger partial charge on any atom is 0.356 e. The van der Waals surface area contributed by atoms with Gasteiger partial charge in [0.1, 0.15) is 0 Å². The van der Waals surface area contributed by atoms with E-state index in [4.69, 9.17) is 17.3 Å². The lowest BCUT2D eigenvalue weighted by Crippen LogP contribution is -2.25. The minimum atomic E-state index is -1.05. The number of hydrogen-bond donors (Lipinski definition) is 3. The number of carboxylic acid groups (broad SMARTS) is 1. The largest absolute Gasteiger partial charge is 0.476 e. The van der Waals surface area contributed by atoms with E-state index < -0.39 is 5.97 Å². The van der Waals surface area contributed by atoms with Gasteiger partial charge in [-0.1, -0.05) is 0 Å². The second kappa shape index (κ2) is 4.05. The van der Waals surface area contributed by atoms with E-state index in [0.717, 1.165) is 0 Å². The summed E-state index contributed by atoms with van der Waals surface area (Å²) < 4.78 is 1.27. The van der Waals surface area contributed by atoms with Crippen LogP contribution in [0.2, 0.25) is 0 Å². The predicted octanol–water partition coefficient (Wildman–Crippen LogP) is 0.0345. The molecule has 0 amide bonds. The molecule has 76 valence electrons. The number of aromatic nitrogens is 2. The van der Waals surface area contributed by atoms with Crippen LogP contribution < -0.4 is 10.6 Å². The lowest BCUT2D eigenvalue weighted by molar-refractivity contribution is 0.0686. The zero-order chi connectivity index (χ0) is 10.7. The maximum atomic E-state index is 10.8. The fraction of sp³-hybridized carbons (Fsp3) is 0.286. The number of carbonyl (C=O) groups is 1. The average molecular weight is 214 g/mol. The Balaban J connectivity index is 2.98. The van der Waals surface area contributed by atoms with Crippen molar-refractivity contribution in [1.29, 1.82) is 0 Å². The van der Waals surface area contributed by atoms with Gasteiger partial charge in [-0.25, -0.2) is 4.79 Å². The molecule has 0 aliphatic carbocycles. The summed E-state index contributed by atoms with van der Waals surface area (Å²) in [5, 5.41) is 18.4. The first kappa shape index (κ1) is 10.5. The zero-order valence-corrected chi connectivity index (χ0v) is 8.55. The Morgan fingerprint density at radius 2 is 2.36 bits per heavy atom. The molecule has 1 rings (SSSR count). The number of nitrogens with zero attached hydrogens (tertiary/aromatic N) is 2. The highest BCUT2D eigenvalue weighted by Crippen LogP contribution is 2.13. The number of anilines is 1. The van der Waals surface area contributed by atoms with E-state index in [1.165, 1.54) is 10.9 Å². The summed E-state index contributed by atoms with van der Waals surface area (Å²) in [7, 11) is 3.20. The van der Waals surface area contributed by atoms with Gasteiger partial charge in [-0.05, 0) is 12.2 Å². The molecule has 0 fully saturated rings. The van der Waals surface area contributed by atoms with Crippen LogP contribution in [0.1, 0.15) is 10.5 Å². The first-order valence-electron chi connectivity index (χ1n) is 3.80. The number of carboxylic acids is 1. The molecule has 0 aromatic carbocycles. The molecule has 6 nitrogen and oxygen atoms in total. The van der Waals surface area contributed by atoms with E-state index in [9.17, 15) is 4.79 Å². The van der Waals surface area contributed by atoms with Gasteiger partial charge in [-0.15, -0.1) is 0 Å². The number of thiocarbonyl (C=S) groups is 1. The highest BCUT2D eigenvalue weighted by Gasteiger charge is 2.15. The van der Waals surface area contributed by atoms with Crippen molar-refractivity contribution in [2.24, 2.45) is 7.05 Å². The Morgan fingerprint density at radius 1 is 1.71 bits per heavy atom. The first-order valence-corrected chi connectivity index (χ1v) is 4.21. The molecule has 0 aliphatic rings.